The molecule has 0 aliphatic rings. The molecule has 10 heteroatoms. The van der Waals surface area contributed by atoms with Crippen LogP contribution in [0.3, 0.4) is 0 Å². The molecule has 0 bridgehead atoms. The average Bonchev–Trinajstić information content (AvgIpc) is 2.76. The molecule has 0 aromatic heterocycles. The van der Waals surface area contributed by atoms with Crippen LogP contribution >= 0.6 is 0 Å². The molecule has 0 heterocycles. The van der Waals surface area contributed by atoms with E-state index in [-0.39, 0.29) is 37.4 Å². The van der Waals surface area contributed by atoms with Crippen LogP contribution in [0, 0.1) is 5.92 Å². The van der Waals surface area contributed by atoms with Crippen LogP contribution in [0.5, 0.6) is 0 Å². The van der Waals surface area contributed by atoms with Crippen LogP contribution in [-0.2, 0) is 40.0 Å². The van der Waals surface area contributed by atoms with Crippen molar-refractivity contribution in [3.8, 4) is 0 Å². The zero-order valence-corrected chi connectivity index (χ0v) is 19.9. The van der Waals surface area contributed by atoms with Crippen LogP contribution < -0.4 is 16.0 Å². The average molecular weight is 466 g/mol. The Labute approximate surface area is 194 Å². The van der Waals surface area contributed by atoms with Crippen molar-refractivity contribution in [3.63, 3.8) is 0 Å². The molecule has 1 aromatic rings. The molecule has 0 saturated heterocycles. The zero-order chi connectivity index (χ0) is 24.8. The van der Waals surface area contributed by atoms with Crippen molar-refractivity contribution in [3.05, 3.63) is 29.8 Å². The van der Waals surface area contributed by atoms with Crippen molar-refractivity contribution >= 4 is 29.4 Å². The fraction of sp³-hybridized carbons (Fsp3) is 0.565. The number of methoxy groups -OCH3 is 1. The maximum atomic E-state index is 12.7. The molecule has 0 aliphatic heterocycles. The number of rotatable bonds is 14. The Bertz CT molecular complexity index is 781. The number of hydrogen-bond donors (Lipinski definition) is 3. The van der Waals surface area contributed by atoms with Crippen LogP contribution in [0.1, 0.15) is 39.7 Å². The standard InChI is InChI=1S/C23H35N3O7/c1-15(2)21(26-20(28)10-11-32-13-12-31-5)23(30)24-16(3)22(29)25-19-8-6-18(7-9-19)14-33-17(4)27/h6-9,15-16,21H,10-14H2,1-5H3,(H,24,30)(H,25,29)(H,26,28)/t16-,21-/m1/s1. The van der Waals surface area contributed by atoms with E-state index in [1.807, 2.05) is 13.8 Å². The summed E-state index contributed by atoms with van der Waals surface area (Å²) in [5.74, 6) is -1.71. The fourth-order valence-electron chi connectivity index (χ4n) is 2.68. The molecule has 0 aliphatic carbocycles. The Hall–Kier alpha value is -2.98. The molecular weight excluding hydrogens is 430 g/mol. The van der Waals surface area contributed by atoms with Gasteiger partial charge in [-0.3, -0.25) is 19.2 Å². The lowest BCUT2D eigenvalue weighted by Crippen LogP contribution is -2.53. The summed E-state index contributed by atoms with van der Waals surface area (Å²) < 4.78 is 15.1. The Kier molecular flexibility index (Phi) is 12.7. The first-order valence-electron chi connectivity index (χ1n) is 10.8. The highest BCUT2D eigenvalue weighted by Gasteiger charge is 2.26. The molecular formula is C23H35N3O7. The zero-order valence-electron chi connectivity index (χ0n) is 19.9. The minimum absolute atomic E-state index is 0.115. The van der Waals surface area contributed by atoms with Gasteiger partial charge in [-0.05, 0) is 30.5 Å². The lowest BCUT2D eigenvalue weighted by atomic mass is 10.0. The van der Waals surface area contributed by atoms with Gasteiger partial charge in [-0.2, -0.15) is 0 Å². The van der Waals surface area contributed by atoms with Crippen molar-refractivity contribution in [2.75, 3.05) is 32.2 Å². The van der Waals surface area contributed by atoms with Gasteiger partial charge in [0.05, 0.1) is 19.8 Å². The van der Waals surface area contributed by atoms with E-state index in [4.69, 9.17) is 14.2 Å². The Morgan fingerprint density at radius 3 is 2.15 bits per heavy atom. The van der Waals surface area contributed by atoms with Gasteiger partial charge in [0, 0.05) is 26.1 Å². The van der Waals surface area contributed by atoms with Gasteiger partial charge in [0.15, 0.2) is 0 Å². The van der Waals surface area contributed by atoms with Gasteiger partial charge >= 0.3 is 5.97 Å². The molecule has 1 rings (SSSR count). The predicted molar refractivity (Wildman–Crippen MR) is 122 cm³/mol. The third kappa shape index (κ3) is 11.4. The molecule has 2 atom stereocenters. The maximum absolute atomic E-state index is 12.7. The third-order valence-corrected chi connectivity index (χ3v) is 4.59. The molecule has 0 fully saturated rings. The number of amides is 3. The smallest absolute Gasteiger partial charge is 0.302 e. The number of carbonyl (C=O) groups is 4. The van der Waals surface area contributed by atoms with Gasteiger partial charge in [0.1, 0.15) is 18.7 Å². The normalized spacial score (nSPS) is 12.5. The quantitative estimate of drug-likeness (QED) is 0.279. The van der Waals surface area contributed by atoms with Gasteiger partial charge in [-0.15, -0.1) is 0 Å². The van der Waals surface area contributed by atoms with Crippen LogP contribution in [0.2, 0.25) is 0 Å². The second-order valence-corrected chi connectivity index (χ2v) is 7.84. The van der Waals surface area contributed by atoms with Crippen molar-refractivity contribution in [2.45, 2.75) is 52.8 Å². The minimum Gasteiger partial charge on any atom is -0.461 e. The maximum Gasteiger partial charge on any atom is 0.302 e. The van der Waals surface area contributed by atoms with Crippen LogP contribution in [0.25, 0.3) is 0 Å². The van der Waals surface area contributed by atoms with Crippen LogP contribution in [0.4, 0.5) is 5.69 Å². The predicted octanol–water partition coefficient (Wildman–Crippen LogP) is 1.39. The molecule has 0 spiro atoms. The Morgan fingerprint density at radius 1 is 0.909 bits per heavy atom. The van der Waals surface area contributed by atoms with E-state index in [9.17, 15) is 19.2 Å². The summed E-state index contributed by atoms with van der Waals surface area (Å²) in [5, 5.41) is 8.06. The van der Waals surface area contributed by atoms with Gasteiger partial charge in [-0.25, -0.2) is 0 Å². The topological polar surface area (TPSA) is 132 Å². The Morgan fingerprint density at radius 2 is 1.58 bits per heavy atom. The lowest BCUT2D eigenvalue weighted by Gasteiger charge is -2.24. The number of hydrogen-bond acceptors (Lipinski definition) is 7. The highest BCUT2D eigenvalue weighted by molar-refractivity contribution is 5.98. The number of anilines is 1. The highest BCUT2D eigenvalue weighted by Crippen LogP contribution is 2.11. The van der Waals surface area contributed by atoms with Gasteiger partial charge in [0.2, 0.25) is 17.7 Å². The van der Waals surface area contributed by atoms with Gasteiger partial charge in [0.25, 0.3) is 0 Å². The molecule has 0 unspecified atom stereocenters. The van der Waals surface area contributed by atoms with E-state index in [1.165, 1.54) is 6.92 Å². The number of carbonyl (C=O) groups excluding carboxylic acids is 4. The van der Waals surface area contributed by atoms with E-state index in [0.29, 0.717) is 18.9 Å². The molecule has 3 amide bonds. The number of ether oxygens (including phenoxy) is 3. The summed E-state index contributed by atoms with van der Waals surface area (Å²) in [6.45, 7) is 7.71. The van der Waals surface area contributed by atoms with Crippen LogP contribution in [0.15, 0.2) is 24.3 Å². The summed E-state index contributed by atoms with van der Waals surface area (Å²) in [6, 6.07) is 5.20. The highest BCUT2D eigenvalue weighted by atomic mass is 16.5. The largest absolute Gasteiger partial charge is 0.461 e. The van der Waals surface area contributed by atoms with E-state index in [0.717, 1.165) is 5.56 Å². The van der Waals surface area contributed by atoms with E-state index < -0.39 is 23.9 Å². The third-order valence-electron chi connectivity index (χ3n) is 4.59. The minimum atomic E-state index is -0.825. The molecule has 3 N–H and O–H groups in total. The number of benzene rings is 1. The van der Waals surface area contributed by atoms with Gasteiger partial charge < -0.3 is 30.2 Å². The first-order chi connectivity index (χ1) is 15.6. The fourth-order valence-corrected chi connectivity index (χ4v) is 2.68. The monoisotopic (exact) mass is 465 g/mol. The number of nitrogens with one attached hydrogen (secondary N) is 3. The molecule has 0 saturated carbocycles. The van der Waals surface area contributed by atoms with Crippen molar-refractivity contribution in [1.82, 2.24) is 10.6 Å². The summed E-state index contributed by atoms with van der Waals surface area (Å²) in [7, 11) is 1.56. The summed E-state index contributed by atoms with van der Waals surface area (Å²) in [5.41, 5.74) is 1.32. The molecule has 1 aromatic carbocycles. The van der Waals surface area contributed by atoms with Gasteiger partial charge in [-0.1, -0.05) is 26.0 Å². The second-order valence-electron chi connectivity index (χ2n) is 7.84. The van der Waals surface area contributed by atoms with Crippen molar-refractivity contribution in [2.24, 2.45) is 5.92 Å². The SMILES string of the molecule is COCCOCCC(=O)N[C@@H](C(=O)N[C@H](C)C(=O)Nc1ccc(COC(C)=O)cc1)C(C)C. The van der Waals surface area contributed by atoms with Crippen molar-refractivity contribution < 1.29 is 33.4 Å². The molecule has 33 heavy (non-hydrogen) atoms. The lowest BCUT2D eigenvalue weighted by molar-refractivity contribution is -0.142. The summed E-state index contributed by atoms with van der Waals surface area (Å²) >= 11 is 0. The summed E-state index contributed by atoms with van der Waals surface area (Å²) in [4.78, 5) is 48.2. The van der Waals surface area contributed by atoms with E-state index >= 15 is 0 Å². The van der Waals surface area contributed by atoms with E-state index in [1.54, 1.807) is 38.3 Å². The first kappa shape index (κ1) is 28.1. The Balaban J connectivity index is 2.54. The second kappa shape index (κ2) is 15.0. The molecule has 10 nitrogen and oxygen atoms in total. The van der Waals surface area contributed by atoms with Crippen molar-refractivity contribution in [1.29, 1.82) is 0 Å². The first-order valence-corrected chi connectivity index (χ1v) is 10.8. The number of esters is 1. The molecule has 184 valence electrons. The van der Waals surface area contributed by atoms with E-state index in [2.05, 4.69) is 16.0 Å². The molecule has 0 radical (unpaired) electrons. The van der Waals surface area contributed by atoms with Crippen LogP contribution in [-0.4, -0.2) is 62.7 Å². The summed E-state index contributed by atoms with van der Waals surface area (Å²) in [6.07, 6.45) is 0.115.